The number of benzene rings is 1. The van der Waals surface area contributed by atoms with E-state index in [1.807, 2.05) is 31.2 Å². The Morgan fingerprint density at radius 3 is 2.32 bits per heavy atom. The number of aromatic nitrogens is 3. The quantitative estimate of drug-likeness (QED) is 0.690. The molecule has 25 heavy (non-hydrogen) atoms. The molecule has 0 amide bonds. The monoisotopic (exact) mass is 333 g/mol. The molecule has 0 aliphatic carbocycles. The molecule has 0 unspecified atom stereocenters. The summed E-state index contributed by atoms with van der Waals surface area (Å²) in [6.45, 7) is 8.52. The third kappa shape index (κ3) is 3.53. The minimum Gasteiger partial charge on any atom is -0.494 e. The van der Waals surface area contributed by atoms with E-state index in [1.165, 1.54) is 0 Å². The number of methoxy groups -OCH3 is 1. The van der Waals surface area contributed by atoms with Crippen LogP contribution in [0.4, 0.5) is 0 Å². The van der Waals surface area contributed by atoms with Gasteiger partial charge in [0, 0.05) is 23.2 Å². The van der Waals surface area contributed by atoms with E-state index in [2.05, 4.69) is 37.9 Å². The maximum atomic E-state index is 5.62. The molecule has 0 bridgehead atoms. The van der Waals surface area contributed by atoms with Crippen molar-refractivity contribution in [2.24, 2.45) is 0 Å². The zero-order valence-electron chi connectivity index (χ0n) is 15.4. The zero-order chi connectivity index (χ0) is 18.0. The largest absolute Gasteiger partial charge is 0.494 e. The minimum atomic E-state index is -0.0965. The van der Waals surface area contributed by atoms with Gasteiger partial charge >= 0.3 is 0 Å². The van der Waals surface area contributed by atoms with Gasteiger partial charge in [-0.3, -0.25) is 4.98 Å². The predicted molar refractivity (Wildman–Crippen MR) is 103 cm³/mol. The molecule has 1 aromatic carbocycles. The number of hydrogen-bond donors (Lipinski definition) is 0. The molecule has 0 spiro atoms. The number of aryl methyl sites for hydroxylation is 1. The Kier molecular flexibility index (Phi) is 4.53. The number of fused-ring (bicyclic) bond motifs is 1. The SMILES string of the molecule is COc1c(C)ccc2c(C(C)(C)C)nc(/C=C/c3ccncc3)nc12. The Morgan fingerprint density at radius 1 is 0.960 bits per heavy atom. The first kappa shape index (κ1) is 17.1. The fourth-order valence-corrected chi connectivity index (χ4v) is 2.84. The van der Waals surface area contributed by atoms with E-state index >= 15 is 0 Å². The van der Waals surface area contributed by atoms with Gasteiger partial charge in [0.15, 0.2) is 5.82 Å². The Hall–Kier alpha value is -2.75. The summed E-state index contributed by atoms with van der Waals surface area (Å²) in [5.41, 5.74) is 3.91. The van der Waals surface area contributed by atoms with E-state index in [0.717, 1.165) is 33.5 Å². The molecule has 0 N–H and O–H groups in total. The molecule has 0 saturated heterocycles. The Labute approximate surface area is 148 Å². The summed E-state index contributed by atoms with van der Waals surface area (Å²) >= 11 is 0. The van der Waals surface area contributed by atoms with Crippen molar-refractivity contribution in [1.29, 1.82) is 0 Å². The third-order valence-electron chi connectivity index (χ3n) is 4.08. The Bertz CT molecular complexity index is 925. The first-order valence-electron chi connectivity index (χ1n) is 8.34. The van der Waals surface area contributed by atoms with Gasteiger partial charge < -0.3 is 4.74 Å². The van der Waals surface area contributed by atoms with Gasteiger partial charge in [0.05, 0.1) is 12.8 Å². The third-order valence-corrected chi connectivity index (χ3v) is 4.08. The average Bonchev–Trinajstić information content (AvgIpc) is 2.59. The second kappa shape index (κ2) is 6.63. The lowest BCUT2D eigenvalue weighted by molar-refractivity contribution is 0.415. The lowest BCUT2D eigenvalue weighted by atomic mass is 9.88. The van der Waals surface area contributed by atoms with Crippen molar-refractivity contribution in [3.8, 4) is 5.75 Å². The van der Waals surface area contributed by atoms with Gasteiger partial charge in [0.1, 0.15) is 11.3 Å². The highest BCUT2D eigenvalue weighted by atomic mass is 16.5. The summed E-state index contributed by atoms with van der Waals surface area (Å²) < 4.78 is 5.62. The maximum Gasteiger partial charge on any atom is 0.153 e. The fraction of sp³-hybridized carbons (Fsp3) is 0.286. The van der Waals surface area contributed by atoms with Crippen LogP contribution >= 0.6 is 0 Å². The normalized spacial score (nSPS) is 12.0. The van der Waals surface area contributed by atoms with Crippen molar-refractivity contribution >= 4 is 23.1 Å². The summed E-state index contributed by atoms with van der Waals surface area (Å²) in [5.74, 6) is 1.49. The van der Waals surface area contributed by atoms with Crippen LogP contribution in [-0.2, 0) is 5.41 Å². The van der Waals surface area contributed by atoms with Crippen LogP contribution in [0.15, 0.2) is 36.7 Å². The van der Waals surface area contributed by atoms with Crippen molar-refractivity contribution in [3.63, 3.8) is 0 Å². The molecule has 3 aromatic rings. The molecule has 2 heterocycles. The molecule has 0 fully saturated rings. The Balaban J connectivity index is 2.21. The van der Waals surface area contributed by atoms with Crippen LogP contribution in [-0.4, -0.2) is 22.1 Å². The minimum absolute atomic E-state index is 0.0965. The number of rotatable bonds is 3. The highest BCUT2D eigenvalue weighted by molar-refractivity contribution is 5.89. The summed E-state index contributed by atoms with van der Waals surface area (Å²) in [6.07, 6.45) is 7.48. The van der Waals surface area contributed by atoms with Gasteiger partial charge in [-0.25, -0.2) is 9.97 Å². The average molecular weight is 333 g/mol. The summed E-state index contributed by atoms with van der Waals surface area (Å²) in [4.78, 5) is 13.6. The maximum absolute atomic E-state index is 5.62. The molecular weight excluding hydrogens is 310 g/mol. The van der Waals surface area contributed by atoms with E-state index in [-0.39, 0.29) is 5.41 Å². The molecule has 2 aromatic heterocycles. The summed E-state index contributed by atoms with van der Waals surface area (Å²) in [5, 5.41) is 1.04. The van der Waals surface area contributed by atoms with Gasteiger partial charge in [0.25, 0.3) is 0 Å². The van der Waals surface area contributed by atoms with Crippen molar-refractivity contribution < 1.29 is 4.74 Å². The summed E-state index contributed by atoms with van der Waals surface area (Å²) in [6, 6.07) is 8.05. The fourth-order valence-electron chi connectivity index (χ4n) is 2.84. The molecular formula is C21H23N3O. The van der Waals surface area contributed by atoms with Gasteiger partial charge in [-0.15, -0.1) is 0 Å². The first-order chi connectivity index (χ1) is 11.9. The van der Waals surface area contributed by atoms with Crippen molar-refractivity contribution in [1.82, 2.24) is 15.0 Å². The van der Waals surface area contributed by atoms with Gasteiger partial charge in [-0.2, -0.15) is 0 Å². The molecule has 4 nitrogen and oxygen atoms in total. The standard InChI is InChI=1S/C21H23N3O/c1-14-6-8-16-18(19(14)25-5)23-17(24-20(16)21(2,3)4)9-7-15-10-12-22-13-11-15/h6-13H,1-5H3/b9-7+. The number of hydrogen-bond acceptors (Lipinski definition) is 4. The lowest BCUT2D eigenvalue weighted by Crippen LogP contribution is -2.16. The zero-order valence-corrected chi connectivity index (χ0v) is 15.4. The number of nitrogens with zero attached hydrogens (tertiary/aromatic N) is 3. The van der Waals surface area contributed by atoms with Crippen LogP contribution < -0.4 is 4.74 Å². The van der Waals surface area contributed by atoms with Gasteiger partial charge in [0.2, 0.25) is 0 Å². The molecule has 0 aliphatic rings. The lowest BCUT2D eigenvalue weighted by Gasteiger charge is -2.21. The highest BCUT2D eigenvalue weighted by Crippen LogP contribution is 2.34. The van der Waals surface area contributed by atoms with Crippen molar-refractivity contribution in [2.45, 2.75) is 33.1 Å². The smallest absolute Gasteiger partial charge is 0.153 e. The molecule has 0 aliphatic heterocycles. The van der Waals surface area contributed by atoms with Crippen LogP contribution in [0.5, 0.6) is 5.75 Å². The van der Waals surface area contributed by atoms with Crippen LogP contribution in [0.2, 0.25) is 0 Å². The topological polar surface area (TPSA) is 47.9 Å². The summed E-state index contributed by atoms with van der Waals surface area (Å²) in [7, 11) is 1.69. The first-order valence-corrected chi connectivity index (χ1v) is 8.34. The number of pyridine rings is 1. The second-order valence-electron chi connectivity index (χ2n) is 7.11. The Morgan fingerprint density at radius 2 is 1.68 bits per heavy atom. The van der Waals surface area contributed by atoms with E-state index in [1.54, 1.807) is 19.5 Å². The molecule has 0 atom stereocenters. The van der Waals surface area contributed by atoms with Crippen molar-refractivity contribution in [3.05, 3.63) is 59.3 Å². The molecule has 3 rings (SSSR count). The van der Waals surface area contributed by atoms with Crippen LogP contribution in [0.3, 0.4) is 0 Å². The highest BCUT2D eigenvalue weighted by Gasteiger charge is 2.22. The van der Waals surface area contributed by atoms with E-state index in [4.69, 9.17) is 14.7 Å². The van der Waals surface area contributed by atoms with Crippen LogP contribution in [0.25, 0.3) is 23.1 Å². The second-order valence-corrected chi connectivity index (χ2v) is 7.11. The van der Waals surface area contributed by atoms with E-state index in [9.17, 15) is 0 Å². The number of ether oxygens (including phenoxy) is 1. The van der Waals surface area contributed by atoms with E-state index in [0.29, 0.717) is 5.82 Å². The van der Waals surface area contributed by atoms with Crippen molar-refractivity contribution in [2.75, 3.05) is 7.11 Å². The van der Waals surface area contributed by atoms with Gasteiger partial charge in [-0.05, 0) is 36.3 Å². The van der Waals surface area contributed by atoms with Gasteiger partial charge in [-0.1, -0.05) is 39.0 Å². The van der Waals surface area contributed by atoms with Crippen LogP contribution in [0.1, 0.15) is 43.4 Å². The van der Waals surface area contributed by atoms with Crippen LogP contribution in [0, 0.1) is 6.92 Å². The molecule has 128 valence electrons. The predicted octanol–water partition coefficient (Wildman–Crippen LogP) is 4.81. The molecule has 0 saturated carbocycles. The molecule has 0 radical (unpaired) electrons. The van der Waals surface area contributed by atoms with E-state index < -0.39 is 0 Å². The molecule has 4 heteroatoms.